The molecular weight excluding hydrogens is 416 g/mol. The quantitative estimate of drug-likeness (QED) is 0.523. The minimum absolute atomic E-state index is 0.602. The van der Waals surface area contributed by atoms with Gasteiger partial charge in [-0.2, -0.15) is 0 Å². The molecule has 182 valence electrons. The van der Waals surface area contributed by atoms with Crippen molar-refractivity contribution in [2.45, 2.75) is 82.5 Å². The Morgan fingerprint density at radius 2 is 1.69 bits per heavy atom. The van der Waals surface area contributed by atoms with Gasteiger partial charge in [0.05, 0.1) is 6.17 Å². The molecule has 7 heteroatoms. The Bertz CT molecular complexity index is 597. The molecule has 5 atom stereocenters. The van der Waals surface area contributed by atoms with E-state index in [1.807, 2.05) is 0 Å². The van der Waals surface area contributed by atoms with Gasteiger partial charge in [0, 0.05) is 57.9 Å². The topological polar surface area (TPSA) is 45.8 Å². The first kappa shape index (κ1) is 23.3. The summed E-state index contributed by atoms with van der Waals surface area (Å²) < 4.78 is 0. The average Bonchev–Trinajstić information content (AvgIpc) is 2.85. The fraction of sp³-hybridized carbons (Fsp3) is 0.960. The van der Waals surface area contributed by atoms with Crippen LogP contribution in [0, 0.1) is 11.8 Å². The summed E-state index contributed by atoms with van der Waals surface area (Å²) in [6.45, 7) is 11.1. The van der Waals surface area contributed by atoms with Crippen LogP contribution in [0.25, 0.3) is 0 Å². The van der Waals surface area contributed by atoms with E-state index in [0.29, 0.717) is 18.2 Å². The van der Waals surface area contributed by atoms with E-state index in [4.69, 9.17) is 12.2 Å². The number of piperidine rings is 4. The fourth-order valence-electron chi connectivity index (χ4n) is 7.10. The van der Waals surface area contributed by atoms with Gasteiger partial charge in [-0.15, -0.1) is 0 Å². The molecule has 5 heterocycles. The molecule has 0 radical (unpaired) electrons. The number of nitrogens with zero attached hydrogens (tertiary/aromatic N) is 3. The average molecular weight is 463 g/mol. The van der Waals surface area contributed by atoms with E-state index < -0.39 is 0 Å². The molecule has 5 aliphatic heterocycles. The van der Waals surface area contributed by atoms with Crippen molar-refractivity contribution in [3.63, 3.8) is 0 Å². The predicted octanol–water partition coefficient (Wildman–Crippen LogP) is 2.21. The van der Waals surface area contributed by atoms with E-state index in [0.717, 1.165) is 23.5 Å². The van der Waals surface area contributed by atoms with Crippen LogP contribution >= 0.6 is 12.2 Å². The smallest absolute Gasteiger partial charge is 0.166 e. The molecule has 6 aliphatic rings. The first-order valence-electron chi connectivity index (χ1n) is 13.7. The first-order valence-corrected chi connectivity index (χ1v) is 14.1. The number of hydrogen-bond acceptors (Lipinski definition) is 5. The minimum atomic E-state index is 0.602. The minimum Gasteiger partial charge on any atom is -0.361 e. The molecule has 2 bridgehead atoms. The van der Waals surface area contributed by atoms with Crippen LogP contribution in [0.4, 0.5) is 0 Å². The van der Waals surface area contributed by atoms with Gasteiger partial charge < -0.3 is 20.9 Å². The van der Waals surface area contributed by atoms with Crippen molar-refractivity contribution in [2.24, 2.45) is 11.8 Å². The number of thiocarbonyl (C=S) groups is 1. The second-order valence-corrected chi connectivity index (χ2v) is 11.6. The first-order chi connectivity index (χ1) is 15.7. The van der Waals surface area contributed by atoms with Crippen LogP contribution in [0.3, 0.4) is 0 Å². The molecule has 0 aromatic rings. The molecule has 0 aromatic carbocycles. The van der Waals surface area contributed by atoms with Crippen LogP contribution in [0.2, 0.25) is 0 Å². The monoisotopic (exact) mass is 462 g/mol. The van der Waals surface area contributed by atoms with Gasteiger partial charge in [0.2, 0.25) is 0 Å². The third-order valence-corrected chi connectivity index (χ3v) is 9.34. The summed E-state index contributed by atoms with van der Waals surface area (Å²) in [4.78, 5) is 8.24. The molecule has 0 aromatic heterocycles. The van der Waals surface area contributed by atoms with Crippen molar-refractivity contribution < 1.29 is 0 Å². The van der Waals surface area contributed by atoms with Crippen molar-refractivity contribution >= 4 is 17.3 Å². The van der Waals surface area contributed by atoms with Gasteiger partial charge in [0.25, 0.3) is 0 Å². The van der Waals surface area contributed by atoms with Crippen LogP contribution in [0.1, 0.15) is 64.2 Å². The summed E-state index contributed by atoms with van der Waals surface area (Å²) in [5, 5.41) is 11.8. The van der Waals surface area contributed by atoms with E-state index in [-0.39, 0.29) is 0 Å². The highest BCUT2D eigenvalue weighted by Gasteiger charge is 2.40. The molecule has 0 spiro atoms. The van der Waals surface area contributed by atoms with Crippen LogP contribution in [-0.4, -0.2) is 97.0 Å². The van der Waals surface area contributed by atoms with Gasteiger partial charge in [-0.05, 0) is 82.1 Å². The van der Waals surface area contributed by atoms with Gasteiger partial charge in [0.15, 0.2) is 5.11 Å². The Balaban J connectivity index is 1.02. The SMILES string of the molecule is S=C(NCC1CC2CCN1CC2CN1CCN(C2CCCCN2)CC1)NC1CCCCC1. The van der Waals surface area contributed by atoms with Crippen molar-refractivity contribution in [2.75, 3.05) is 58.9 Å². The highest BCUT2D eigenvalue weighted by Crippen LogP contribution is 2.36. The highest BCUT2D eigenvalue weighted by atomic mass is 32.1. The Kier molecular flexibility index (Phi) is 8.22. The van der Waals surface area contributed by atoms with Gasteiger partial charge in [-0.3, -0.25) is 9.80 Å². The van der Waals surface area contributed by atoms with E-state index in [9.17, 15) is 0 Å². The lowest BCUT2D eigenvalue weighted by Crippen LogP contribution is -2.60. The summed E-state index contributed by atoms with van der Waals surface area (Å²) in [6, 6.07) is 1.27. The summed E-state index contributed by atoms with van der Waals surface area (Å²) >= 11 is 5.62. The molecule has 3 N–H and O–H groups in total. The third kappa shape index (κ3) is 5.96. The lowest BCUT2D eigenvalue weighted by Gasteiger charge is -2.51. The third-order valence-electron chi connectivity index (χ3n) is 9.08. The van der Waals surface area contributed by atoms with Gasteiger partial charge in [0.1, 0.15) is 0 Å². The predicted molar refractivity (Wildman–Crippen MR) is 136 cm³/mol. The maximum absolute atomic E-state index is 5.62. The summed E-state index contributed by atoms with van der Waals surface area (Å²) in [6.07, 6.45) is 14.2. The number of hydrogen-bond donors (Lipinski definition) is 3. The van der Waals surface area contributed by atoms with Crippen molar-refractivity contribution in [1.82, 2.24) is 30.7 Å². The molecule has 5 unspecified atom stereocenters. The lowest BCUT2D eigenvalue weighted by molar-refractivity contribution is -0.0201. The lowest BCUT2D eigenvalue weighted by atomic mass is 9.75. The maximum atomic E-state index is 5.62. The van der Waals surface area contributed by atoms with Gasteiger partial charge in [-0.1, -0.05) is 19.3 Å². The molecule has 6 rings (SSSR count). The summed E-state index contributed by atoms with van der Waals surface area (Å²) in [5.74, 6) is 1.77. The molecule has 5 saturated heterocycles. The number of fused-ring (bicyclic) bond motifs is 3. The summed E-state index contributed by atoms with van der Waals surface area (Å²) in [7, 11) is 0. The van der Waals surface area contributed by atoms with E-state index >= 15 is 0 Å². The molecule has 6 fully saturated rings. The Morgan fingerprint density at radius 1 is 0.875 bits per heavy atom. The van der Waals surface area contributed by atoms with Crippen LogP contribution < -0.4 is 16.0 Å². The number of piperazine rings is 1. The van der Waals surface area contributed by atoms with Crippen molar-refractivity contribution in [3.05, 3.63) is 0 Å². The molecule has 6 nitrogen and oxygen atoms in total. The molecule has 0 amide bonds. The van der Waals surface area contributed by atoms with Crippen LogP contribution in [0.15, 0.2) is 0 Å². The van der Waals surface area contributed by atoms with Crippen molar-refractivity contribution in [3.8, 4) is 0 Å². The highest BCUT2D eigenvalue weighted by molar-refractivity contribution is 7.80. The normalized spacial score (nSPS) is 37.3. The second kappa shape index (κ2) is 11.3. The Morgan fingerprint density at radius 3 is 2.41 bits per heavy atom. The van der Waals surface area contributed by atoms with Crippen LogP contribution in [0.5, 0.6) is 0 Å². The number of nitrogens with one attached hydrogen (secondary N) is 3. The zero-order valence-electron chi connectivity index (χ0n) is 20.1. The molecule has 32 heavy (non-hydrogen) atoms. The number of rotatable bonds is 6. The Labute approximate surface area is 201 Å². The fourth-order valence-corrected chi connectivity index (χ4v) is 7.35. The van der Waals surface area contributed by atoms with Crippen LogP contribution in [-0.2, 0) is 0 Å². The van der Waals surface area contributed by atoms with Gasteiger partial charge >= 0.3 is 0 Å². The second-order valence-electron chi connectivity index (χ2n) is 11.2. The zero-order chi connectivity index (χ0) is 21.8. The van der Waals surface area contributed by atoms with E-state index in [2.05, 4.69) is 30.7 Å². The Hall–Kier alpha value is -0.470. The largest absolute Gasteiger partial charge is 0.361 e. The molecule has 1 aliphatic carbocycles. The maximum Gasteiger partial charge on any atom is 0.166 e. The molecule has 1 saturated carbocycles. The zero-order valence-corrected chi connectivity index (χ0v) is 20.9. The van der Waals surface area contributed by atoms with Crippen molar-refractivity contribution in [1.29, 1.82) is 0 Å². The van der Waals surface area contributed by atoms with E-state index in [1.165, 1.54) is 117 Å². The molecular formula is C25H46N6S. The van der Waals surface area contributed by atoms with Gasteiger partial charge in [-0.25, -0.2) is 0 Å². The van der Waals surface area contributed by atoms with E-state index in [1.54, 1.807) is 0 Å². The standard InChI is InChI=1S/C25H46N6S/c32-25(28-22-6-2-1-3-7-22)27-17-23-16-20-9-11-31(23)19-21(20)18-29-12-14-30(15-13-29)24-8-4-5-10-26-24/h20-24,26H,1-19H2,(H2,27,28,32). The summed E-state index contributed by atoms with van der Waals surface area (Å²) in [5.41, 5.74) is 0.